The fourth-order valence-corrected chi connectivity index (χ4v) is 2.25. The van der Waals surface area contributed by atoms with Gasteiger partial charge in [0.15, 0.2) is 0 Å². The van der Waals surface area contributed by atoms with Gasteiger partial charge >= 0.3 is 0 Å². The van der Waals surface area contributed by atoms with E-state index in [4.69, 9.17) is 10.5 Å². The quantitative estimate of drug-likeness (QED) is 0.822. The van der Waals surface area contributed by atoms with Gasteiger partial charge in [0.05, 0.1) is 0 Å². The number of nitrogens with zero attached hydrogens (tertiary/aromatic N) is 1. The molecule has 0 fully saturated rings. The summed E-state index contributed by atoms with van der Waals surface area (Å²) in [7, 11) is 0. The molecule has 2 N–H and O–H groups in total. The molecule has 0 aliphatic carbocycles. The Kier molecular flexibility index (Phi) is 6.32. The number of benzene rings is 1. The third-order valence-electron chi connectivity index (χ3n) is 3.35. The average molecular weight is 264 g/mol. The van der Waals surface area contributed by atoms with Crippen molar-refractivity contribution in [3.05, 3.63) is 29.8 Å². The van der Waals surface area contributed by atoms with Crippen LogP contribution in [-0.4, -0.2) is 30.1 Å². The van der Waals surface area contributed by atoms with Crippen molar-refractivity contribution in [1.29, 1.82) is 0 Å². The molecule has 0 spiro atoms. The van der Waals surface area contributed by atoms with Gasteiger partial charge in [0.2, 0.25) is 0 Å². The average Bonchev–Trinajstić information content (AvgIpc) is 2.34. The zero-order chi connectivity index (χ0) is 14.4. The highest BCUT2D eigenvalue weighted by molar-refractivity contribution is 5.28. The van der Waals surface area contributed by atoms with Gasteiger partial charge in [-0.1, -0.05) is 12.1 Å². The summed E-state index contributed by atoms with van der Waals surface area (Å²) in [5.41, 5.74) is 6.96. The summed E-state index contributed by atoms with van der Waals surface area (Å²) in [6, 6.07) is 9.21. The molecule has 0 aliphatic rings. The van der Waals surface area contributed by atoms with Crippen LogP contribution in [0.2, 0.25) is 0 Å². The second-order valence-corrected chi connectivity index (χ2v) is 5.63. The number of hydrogen-bond acceptors (Lipinski definition) is 3. The number of hydrogen-bond donors (Lipinski definition) is 1. The molecule has 0 aromatic heterocycles. The Balaban J connectivity index is 2.44. The molecule has 0 aliphatic heterocycles. The van der Waals surface area contributed by atoms with Crippen LogP contribution < -0.4 is 10.5 Å². The minimum absolute atomic E-state index is 0.0754. The molecule has 1 aromatic carbocycles. The summed E-state index contributed by atoms with van der Waals surface area (Å²) in [5.74, 6) is 0.914. The highest BCUT2D eigenvalue weighted by Gasteiger charge is 2.12. The summed E-state index contributed by atoms with van der Waals surface area (Å²) < 4.78 is 5.79. The first kappa shape index (κ1) is 16.0. The van der Waals surface area contributed by atoms with Crippen molar-refractivity contribution in [3.63, 3.8) is 0 Å². The maximum absolute atomic E-state index is 5.82. The van der Waals surface area contributed by atoms with Crippen LogP contribution in [0.4, 0.5) is 0 Å². The van der Waals surface area contributed by atoms with Crippen molar-refractivity contribution in [3.8, 4) is 5.75 Å². The molecule has 1 atom stereocenters. The van der Waals surface area contributed by atoms with Gasteiger partial charge < -0.3 is 10.5 Å². The SMILES string of the molecule is CC(N)c1ccc(OCCN(C(C)C)C(C)C)cc1. The summed E-state index contributed by atoms with van der Waals surface area (Å²) in [6.45, 7) is 12.5. The lowest BCUT2D eigenvalue weighted by Crippen LogP contribution is -2.39. The lowest BCUT2D eigenvalue weighted by Gasteiger charge is -2.30. The minimum Gasteiger partial charge on any atom is -0.492 e. The topological polar surface area (TPSA) is 38.5 Å². The zero-order valence-corrected chi connectivity index (χ0v) is 12.9. The normalized spacial score (nSPS) is 13.3. The molecule has 0 amide bonds. The van der Waals surface area contributed by atoms with Crippen molar-refractivity contribution in [2.24, 2.45) is 5.73 Å². The van der Waals surface area contributed by atoms with E-state index in [1.165, 1.54) is 0 Å². The van der Waals surface area contributed by atoms with Crippen LogP contribution in [0.1, 0.15) is 46.2 Å². The highest BCUT2D eigenvalue weighted by atomic mass is 16.5. The third-order valence-corrected chi connectivity index (χ3v) is 3.35. The first-order valence-electron chi connectivity index (χ1n) is 7.16. The minimum atomic E-state index is 0.0754. The molecular weight excluding hydrogens is 236 g/mol. The molecule has 0 heterocycles. The fourth-order valence-electron chi connectivity index (χ4n) is 2.25. The maximum atomic E-state index is 5.82. The largest absolute Gasteiger partial charge is 0.492 e. The Morgan fingerprint density at radius 1 is 1.00 bits per heavy atom. The van der Waals surface area contributed by atoms with Gasteiger partial charge in [-0.05, 0) is 52.3 Å². The molecule has 0 saturated carbocycles. The number of rotatable bonds is 7. The van der Waals surface area contributed by atoms with E-state index < -0.39 is 0 Å². The number of nitrogens with two attached hydrogens (primary N) is 1. The van der Waals surface area contributed by atoms with E-state index in [1.54, 1.807) is 0 Å². The lowest BCUT2D eigenvalue weighted by atomic mass is 10.1. The van der Waals surface area contributed by atoms with E-state index in [0.29, 0.717) is 18.7 Å². The summed E-state index contributed by atoms with van der Waals surface area (Å²) in [4.78, 5) is 2.43. The zero-order valence-electron chi connectivity index (χ0n) is 12.9. The summed E-state index contributed by atoms with van der Waals surface area (Å²) in [6.07, 6.45) is 0. The van der Waals surface area contributed by atoms with Crippen LogP contribution in [0.15, 0.2) is 24.3 Å². The molecule has 1 aromatic rings. The van der Waals surface area contributed by atoms with Crippen LogP contribution in [-0.2, 0) is 0 Å². The predicted octanol–water partition coefficient (Wildman–Crippen LogP) is 3.20. The standard InChI is InChI=1S/C16H28N2O/c1-12(2)18(13(3)4)10-11-19-16-8-6-15(7-9-16)14(5)17/h6-9,12-14H,10-11,17H2,1-5H3. The van der Waals surface area contributed by atoms with Gasteiger partial charge in [0.1, 0.15) is 12.4 Å². The highest BCUT2D eigenvalue weighted by Crippen LogP contribution is 2.16. The second kappa shape index (κ2) is 7.51. The van der Waals surface area contributed by atoms with E-state index in [-0.39, 0.29) is 6.04 Å². The van der Waals surface area contributed by atoms with Crippen LogP contribution in [0.25, 0.3) is 0 Å². The maximum Gasteiger partial charge on any atom is 0.119 e. The molecule has 1 rings (SSSR count). The summed E-state index contributed by atoms with van der Waals surface area (Å²) >= 11 is 0. The smallest absolute Gasteiger partial charge is 0.119 e. The number of ether oxygens (including phenoxy) is 1. The van der Waals surface area contributed by atoms with Gasteiger partial charge in [-0.15, -0.1) is 0 Å². The van der Waals surface area contributed by atoms with Crippen LogP contribution in [0, 0.1) is 0 Å². The third kappa shape index (κ3) is 5.21. The van der Waals surface area contributed by atoms with E-state index >= 15 is 0 Å². The van der Waals surface area contributed by atoms with Crippen molar-refractivity contribution < 1.29 is 4.74 Å². The first-order chi connectivity index (χ1) is 8.91. The Hall–Kier alpha value is -1.06. The Labute approximate surface area is 117 Å². The molecule has 3 nitrogen and oxygen atoms in total. The Morgan fingerprint density at radius 3 is 1.95 bits per heavy atom. The molecule has 0 radical (unpaired) electrons. The Bertz CT molecular complexity index is 350. The Morgan fingerprint density at radius 2 is 1.53 bits per heavy atom. The van der Waals surface area contributed by atoms with E-state index in [1.807, 2.05) is 31.2 Å². The molecular formula is C16H28N2O. The van der Waals surface area contributed by atoms with E-state index in [0.717, 1.165) is 17.9 Å². The van der Waals surface area contributed by atoms with Gasteiger partial charge in [-0.3, -0.25) is 4.90 Å². The van der Waals surface area contributed by atoms with Gasteiger partial charge in [-0.2, -0.15) is 0 Å². The second-order valence-electron chi connectivity index (χ2n) is 5.63. The van der Waals surface area contributed by atoms with Crippen molar-refractivity contribution in [2.45, 2.75) is 52.7 Å². The van der Waals surface area contributed by atoms with Gasteiger partial charge in [0.25, 0.3) is 0 Å². The first-order valence-corrected chi connectivity index (χ1v) is 7.16. The molecule has 3 heteroatoms. The van der Waals surface area contributed by atoms with Gasteiger partial charge in [0, 0.05) is 24.7 Å². The predicted molar refractivity (Wildman–Crippen MR) is 81.5 cm³/mol. The van der Waals surface area contributed by atoms with Crippen molar-refractivity contribution in [1.82, 2.24) is 4.90 Å². The van der Waals surface area contributed by atoms with Crippen molar-refractivity contribution in [2.75, 3.05) is 13.2 Å². The van der Waals surface area contributed by atoms with E-state index in [2.05, 4.69) is 32.6 Å². The van der Waals surface area contributed by atoms with Crippen LogP contribution >= 0.6 is 0 Å². The van der Waals surface area contributed by atoms with Gasteiger partial charge in [-0.25, -0.2) is 0 Å². The molecule has 0 saturated heterocycles. The summed E-state index contributed by atoms with van der Waals surface area (Å²) in [5, 5.41) is 0. The monoisotopic (exact) mass is 264 g/mol. The molecule has 108 valence electrons. The molecule has 19 heavy (non-hydrogen) atoms. The van der Waals surface area contributed by atoms with Crippen LogP contribution in [0.5, 0.6) is 5.75 Å². The van der Waals surface area contributed by atoms with Crippen molar-refractivity contribution >= 4 is 0 Å². The molecule has 0 bridgehead atoms. The van der Waals surface area contributed by atoms with E-state index in [9.17, 15) is 0 Å². The van der Waals surface area contributed by atoms with Crippen LogP contribution in [0.3, 0.4) is 0 Å². The fraction of sp³-hybridized carbons (Fsp3) is 0.625. The molecule has 1 unspecified atom stereocenters. The lowest BCUT2D eigenvalue weighted by molar-refractivity contribution is 0.142.